The Morgan fingerprint density at radius 1 is 1.43 bits per heavy atom. The van der Waals surface area contributed by atoms with E-state index in [9.17, 15) is 4.21 Å². The second-order valence-electron chi connectivity index (χ2n) is 3.92. The highest BCUT2D eigenvalue weighted by atomic mass is 32.2. The Morgan fingerprint density at radius 3 is 2.57 bits per heavy atom. The van der Waals surface area contributed by atoms with E-state index in [1.807, 2.05) is 25.1 Å². The van der Waals surface area contributed by atoms with Gasteiger partial charge in [-0.1, -0.05) is 13.8 Å². The van der Waals surface area contributed by atoms with Crippen LogP contribution in [0.5, 0.6) is 0 Å². The molecule has 14 heavy (non-hydrogen) atoms. The van der Waals surface area contributed by atoms with Crippen LogP contribution in [0.2, 0.25) is 0 Å². The second-order valence-corrected chi connectivity index (χ2v) is 5.42. The fourth-order valence-corrected chi connectivity index (χ4v) is 2.51. The minimum absolute atomic E-state index is 0.452. The van der Waals surface area contributed by atoms with E-state index < -0.39 is 10.8 Å². The van der Waals surface area contributed by atoms with Crippen molar-refractivity contribution in [2.45, 2.75) is 25.7 Å². The maximum absolute atomic E-state index is 11.8. The smallest absolute Gasteiger partial charge is 0.0532 e. The fraction of sp³-hybridized carbons (Fsp3) is 0.455. The van der Waals surface area contributed by atoms with Gasteiger partial charge in [-0.05, 0) is 36.6 Å². The lowest BCUT2D eigenvalue weighted by molar-refractivity contribution is 0.665. The van der Waals surface area contributed by atoms with Crippen molar-refractivity contribution in [3.05, 3.63) is 23.8 Å². The van der Waals surface area contributed by atoms with Crippen LogP contribution in [-0.4, -0.2) is 9.96 Å². The molecule has 2 N–H and O–H groups in total. The van der Waals surface area contributed by atoms with Crippen LogP contribution in [0.4, 0.5) is 5.69 Å². The monoisotopic (exact) mass is 211 g/mol. The first kappa shape index (κ1) is 11.2. The highest BCUT2D eigenvalue weighted by Crippen LogP contribution is 2.16. The maximum Gasteiger partial charge on any atom is 0.0532 e. The first-order valence-corrected chi connectivity index (χ1v) is 6.07. The third-order valence-corrected chi connectivity index (χ3v) is 3.74. The van der Waals surface area contributed by atoms with Gasteiger partial charge in [0.15, 0.2) is 0 Å². The number of aryl methyl sites for hydroxylation is 1. The minimum atomic E-state index is -0.888. The minimum Gasteiger partial charge on any atom is -0.399 e. The summed E-state index contributed by atoms with van der Waals surface area (Å²) in [6.45, 7) is 6.08. The summed E-state index contributed by atoms with van der Waals surface area (Å²) in [7, 11) is -0.888. The number of benzene rings is 1. The summed E-state index contributed by atoms with van der Waals surface area (Å²) in [5.41, 5.74) is 7.45. The lowest BCUT2D eigenvalue weighted by atomic mass is 10.2. The Morgan fingerprint density at radius 2 is 2.07 bits per heavy atom. The quantitative estimate of drug-likeness (QED) is 0.780. The van der Waals surface area contributed by atoms with Crippen LogP contribution in [0, 0.1) is 12.8 Å². The molecule has 0 fully saturated rings. The van der Waals surface area contributed by atoms with Gasteiger partial charge in [0.25, 0.3) is 0 Å². The highest BCUT2D eigenvalue weighted by molar-refractivity contribution is 7.85. The van der Waals surface area contributed by atoms with Gasteiger partial charge < -0.3 is 5.73 Å². The molecule has 0 saturated heterocycles. The van der Waals surface area contributed by atoms with Crippen molar-refractivity contribution in [3.8, 4) is 0 Å². The molecule has 0 aliphatic rings. The van der Waals surface area contributed by atoms with Crippen LogP contribution < -0.4 is 5.73 Å². The van der Waals surface area contributed by atoms with Gasteiger partial charge >= 0.3 is 0 Å². The number of anilines is 1. The lowest BCUT2D eigenvalue weighted by Gasteiger charge is -2.07. The normalized spacial score (nSPS) is 13.1. The first-order chi connectivity index (χ1) is 6.50. The number of rotatable bonds is 3. The zero-order chi connectivity index (χ0) is 10.7. The molecule has 78 valence electrons. The number of nitrogens with two attached hydrogens (primary N) is 1. The van der Waals surface area contributed by atoms with Crippen LogP contribution in [0.1, 0.15) is 19.4 Å². The van der Waals surface area contributed by atoms with Crippen LogP contribution in [-0.2, 0) is 10.8 Å². The van der Waals surface area contributed by atoms with E-state index in [-0.39, 0.29) is 0 Å². The summed E-state index contributed by atoms with van der Waals surface area (Å²) in [6, 6.07) is 5.58. The molecule has 0 aliphatic heterocycles. The molecular weight excluding hydrogens is 194 g/mol. The van der Waals surface area contributed by atoms with Crippen molar-refractivity contribution < 1.29 is 4.21 Å². The average Bonchev–Trinajstić information content (AvgIpc) is 2.08. The molecule has 0 aromatic heterocycles. The zero-order valence-corrected chi connectivity index (χ0v) is 9.73. The van der Waals surface area contributed by atoms with Gasteiger partial charge in [-0.3, -0.25) is 4.21 Å². The first-order valence-electron chi connectivity index (χ1n) is 4.75. The van der Waals surface area contributed by atoms with E-state index in [1.54, 1.807) is 0 Å². The molecule has 0 radical (unpaired) electrons. The number of hydrogen-bond acceptors (Lipinski definition) is 2. The van der Waals surface area contributed by atoms with E-state index in [0.29, 0.717) is 11.7 Å². The van der Waals surface area contributed by atoms with E-state index >= 15 is 0 Å². The summed E-state index contributed by atoms with van der Waals surface area (Å²) in [5.74, 6) is 1.16. The average molecular weight is 211 g/mol. The lowest BCUT2D eigenvalue weighted by Crippen LogP contribution is -2.05. The van der Waals surface area contributed by atoms with Gasteiger partial charge in [0.1, 0.15) is 0 Å². The molecule has 0 spiro atoms. The number of nitrogen functional groups attached to an aromatic ring is 1. The molecule has 0 amide bonds. The van der Waals surface area contributed by atoms with Crippen LogP contribution in [0.25, 0.3) is 0 Å². The Bertz CT molecular complexity index is 347. The molecular formula is C11H17NOS. The predicted molar refractivity (Wildman–Crippen MR) is 61.7 cm³/mol. The van der Waals surface area contributed by atoms with Gasteiger partial charge in [0, 0.05) is 16.3 Å². The third kappa shape index (κ3) is 2.84. The molecule has 0 aliphatic carbocycles. The molecule has 1 unspecified atom stereocenters. The molecule has 1 aromatic carbocycles. The summed E-state index contributed by atoms with van der Waals surface area (Å²) in [5, 5.41) is 0. The van der Waals surface area contributed by atoms with Gasteiger partial charge in [-0.15, -0.1) is 0 Å². The van der Waals surface area contributed by atoms with Crippen molar-refractivity contribution in [1.29, 1.82) is 0 Å². The van der Waals surface area contributed by atoms with E-state index in [0.717, 1.165) is 16.1 Å². The fourth-order valence-electron chi connectivity index (χ4n) is 1.19. The highest BCUT2D eigenvalue weighted by Gasteiger charge is 2.07. The summed E-state index contributed by atoms with van der Waals surface area (Å²) >= 11 is 0. The third-order valence-electron chi connectivity index (χ3n) is 1.99. The zero-order valence-electron chi connectivity index (χ0n) is 8.91. The molecule has 2 nitrogen and oxygen atoms in total. The van der Waals surface area contributed by atoms with Crippen molar-refractivity contribution in [1.82, 2.24) is 0 Å². The predicted octanol–water partition coefficient (Wildman–Crippen LogP) is 2.34. The Balaban J connectivity index is 2.86. The maximum atomic E-state index is 11.8. The molecule has 0 saturated carbocycles. The SMILES string of the molecule is Cc1cc(S(=O)CC(C)C)ccc1N. The van der Waals surface area contributed by atoms with Crippen molar-refractivity contribution in [2.75, 3.05) is 11.5 Å². The van der Waals surface area contributed by atoms with Crippen LogP contribution in [0.3, 0.4) is 0 Å². The van der Waals surface area contributed by atoms with Gasteiger partial charge in [0.2, 0.25) is 0 Å². The van der Waals surface area contributed by atoms with E-state index in [1.165, 1.54) is 0 Å². The van der Waals surface area contributed by atoms with Gasteiger partial charge in [-0.25, -0.2) is 0 Å². The molecule has 0 bridgehead atoms. The molecule has 1 atom stereocenters. The van der Waals surface area contributed by atoms with E-state index in [2.05, 4.69) is 13.8 Å². The molecule has 1 aromatic rings. The Labute approximate surface area is 88.0 Å². The number of hydrogen-bond donors (Lipinski definition) is 1. The summed E-state index contributed by atoms with van der Waals surface area (Å²) < 4.78 is 11.8. The summed E-state index contributed by atoms with van der Waals surface area (Å²) in [6.07, 6.45) is 0. The summed E-state index contributed by atoms with van der Waals surface area (Å²) in [4.78, 5) is 0.880. The standard InChI is InChI=1S/C11H17NOS/c1-8(2)7-14(13)10-4-5-11(12)9(3)6-10/h4-6,8H,7,12H2,1-3H3. The molecule has 0 heterocycles. The van der Waals surface area contributed by atoms with Crippen molar-refractivity contribution in [3.63, 3.8) is 0 Å². The topological polar surface area (TPSA) is 43.1 Å². The van der Waals surface area contributed by atoms with Gasteiger partial charge in [-0.2, -0.15) is 0 Å². The largest absolute Gasteiger partial charge is 0.399 e. The van der Waals surface area contributed by atoms with Crippen molar-refractivity contribution >= 4 is 16.5 Å². The van der Waals surface area contributed by atoms with Crippen LogP contribution >= 0.6 is 0 Å². The Kier molecular flexibility index (Phi) is 3.69. The van der Waals surface area contributed by atoms with Crippen molar-refractivity contribution in [2.24, 2.45) is 5.92 Å². The van der Waals surface area contributed by atoms with Gasteiger partial charge in [0.05, 0.1) is 10.8 Å². The second kappa shape index (κ2) is 4.60. The Hall–Kier alpha value is -0.830. The molecule has 1 rings (SSSR count). The van der Waals surface area contributed by atoms with Crippen LogP contribution in [0.15, 0.2) is 23.1 Å². The molecule has 3 heteroatoms. The van der Waals surface area contributed by atoms with E-state index in [4.69, 9.17) is 5.73 Å².